The van der Waals surface area contributed by atoms with E-state index in [-0.39, 0.29) is 10.2 Å². The van der Waals surface area contributed by atoms with E-state index in [0.717, 1.165) is 0 Å². The second kappa shape index (κ2) is 5.01. The van der Waals surface area contributed by atoms with Crippen LogP contribution in [0.2, 0.25) is 0 Å². The first-order chi connectivity index (χ1) is 8.58. The highest BCUT2D eigenvalue weighted by atomic mass is 79.9. The quantitative estimate of drug-likeness (QED) is 0.694. The molecule has 1 aromatic heterocycles. The third-order valence-electron chi connectivity index (χ3n) is 2.11. The summed E-state index contributed by atoms with van der Waals surface area (Å²) in [5.41, 5.74) is 5.94. The maximum atomic E-state index is 10.8. The van der Waals surface area contributed by atoms with Gasteiger partial charge >= 0.3 is 0 Å². The van der Waals surface area contributed by atoms with Crippen molar-refractivity contribution in [2.24, 2.45) is 0 Å². The lowest BCUT2D eigenvalue weighted by molar-refractivity contribution is -0.385. The van der Waals surface area contributed by atoms with Gasteiger partial charge in [0.05, 0.1) is 16.8 Å². The van der Waals surface area contributed by atoms with Crippen LogP contribution < -0.4 is 10.5 Å². The maximum absolute atomic E-state index is 10.8. The fraction of sp³-hybridized carbons (Fsp3) is 0. The first kappa shape index (κ1) is 12.3. The van der Waals surface area contributed by atoms with E-state index >= 15 is 0 Å². The van der Waals surface area contributed by atoms with E-state index in [4.69, 9.17) is 10.5 Å². The number of nitro groups is 1. The van der Waals surface area contributed by atoms with Crippen molar-refractivity contribution in [3.63, 3.8) is 0 Å². The van der Waals surface area contributed by atoms with Crippen LogP contribution in [0.1, 0.15) is 0 Å². The van der Waals surface area contributed by atoms with Gasteiger partial charge in [-0.05, 0) is 28.1 Å². The molecule has 0 unspecified atom stereocenters. The highest BCUT2D eigenvalue weighted by Gasteiger charge is 2.16. The molecule has 0 radical (unpaired) electrons. The molecule has 18 heavy (non-hydrogen) atoms. The Labute approximate surface area is 111 Å². The molecular formula is C11H8BrN3O3. The van der Waals surface area contributed by atoms with Crippen molar-refractivity contribution in [2.75, 3.05) is 5.73 Å². The average molecular weight is 310 g/mol. The number of pyridine rings is 1. The van der Waals surface area contributed by atoms with Crippen LogP contribution in [0.5, 0.6) is 11.6 Å². The van der Waals surface area contributed by atoms with Crippen LogP contribution in [0.25, 0.3) is 0 Å². The Bertz CT molecular complexity index is 587. The van der Waals surface area contributed by atoms with Crippen LogP contribution in [0.3, 0.4) is 0 Å². The predicted molar refractivity (Wildman–Crippen MR) is 69.5 cm³/mol. The molecule has 2 aromatic rings. The van der Waals surface area contributed by atoms with Gasteiger partial charge in [0.15, 0.2) is 5.75 Å². The summed E-state index contributed by atoms with van der Waals surface area (Å²) in [5.74, 6) is 0.631. The van der Waals surface area contributed by atoms with E-state index < -0.39 is 4.92 Å². The van der Waals surface area contributed by atoms with Gasteiger partial charge in [0.1, 0.15) is 4.47 Å². The maximum Gasteiger partial charge on any atom is 0.287 e. The molecule has 0 fully saturated rings. The van der Waals surface area contributed by atoms with Crippen molar-refractivity contribution in [1.29, 1.82) is 0 Å². The van der Waals surface area contributed by atoms with Crippen molar-refractivity contribution in [2.45, 2.75) is 0 Å². The topological polar surface area (TPSA) is 91.3 Å². The number of halogens is 1. The fourth-order valence-electron chi connectivity index (χ4n) is 1.28. The Kier molecular flexibility index (Phi) is 3.42. The molecule has 2 N–H and O–H groups in total. The summed E-state index contributed by atoms with van der Waals surface area (Å²) in [7, 11) is 0. The summed E-state index contributed by atoms with van der Waals surface area (Å²) in [4.78, 5) is 14.2. The normalized spacial score (nSPS) is 10.1. The van der Waals surface area contributed by atoms with Gasteiger partial charge in [-0.15, -0.1) is 0 Å². The first-order valence-electron chi connectivity index (χ1n) is 4.90. The minimum absolute atomic E-state index is 0.0667. The van der Waals surface area contributed by atoms with E-state index in [0.29, 0.717) is 17.3 Å². The number of nitrogens with two attached hydrogens (primary N) is 1. The summed E-state index contributed by atoms with van der Waals surface area (Å²) >= 11 is 3.13. The van der Waals surface area contributed by atoms with Crippen molar-refractivity contribution in [3.8, 4) is 11.6 Å². The van der Waals surface area contributed by atoms with Gasteiger partial charge in [0.2, 0.25) is 5.88 Å². The standard InChI is InChI=1S/C11H8BrN3O3/c12-11-8(15(16)17)2-1-3-9(11)18-10-5-4-7(13)6-14-10/h1-6H,13H2. The third-order valence-corrected chi connectivity index (χ3v) is 2.91. The molecule has 0 spiro atoms. The van der Waals surface area contributed by atoms with Gasteiger partial charge in [0, 0.05) is 12.1 Å². The molecule has 2 rings (SSSR count). The molecule has 0 aliphatic heterocycles. The minimum Gasteiger partial charge on any atom is -0.438 e. The van der Waals surface area contributed by atoms with Crippen molar-refractivity contribution >= 4 is 27.3 Å². The van der Waals surface area contributed by atoms with Gasteiger partial charge in [-0.2, -0.15) is 0 Å². The smallest absolute Gasteiger partial charge is 0.287 e. The molecular weight excluding hydrogens is 302 g/mol. The van der Waals surface area contributed by atoms with Gasteiger partial charge in [0.25, 0.3) is 5.69 Å². The summed E-state index contributed by atoms with van der Waals surface area (Å²) in [6.45, 7) is 0. The van der Waals surface area contributed by atoms with Crippen molar-refractivity contribution in [3.05, 3.63) is 51.1 Å². The SMILES string of the molecule is Nc1ccc(Oc2cccc([N+](=O)[O-])c2Br)nc1. The van der Waals surface area contributed by atoms with Crippen LogP contribution >= 0.6 is 15.9 Å². The molecule has 6 nitrogen and oxygen atoms in total. The number of nitrogens with zero attached hydrogens (tertiary/aromatic N) is 2. The van der Waals surface area contributed by atoms with Crippen LogP contribution in [0.4, 0.5) is 11.4 Å². The Morgan fingerprint density at radius 2 is 2.11 bits per heavy atom. The van der Waals surface area contributed by atoms with E-state index in [1.165, 1.54) is 18.3 Å². The average Bonchev–Trinajstić information content (AvgIpc) is 2.34. The molecule has 92 valence electrons. The molecule has 0 saturated heterocycles. The van der Waals surface area contributed by atoms with Crippen molar-refractivity contribution in [1.82, 2.24) is 4.98 Å². The Hall–Kier alpha value is -2.15. The highest BCUT2D eigenvalue weighted by Crippen LogP contribution is 2.35. The number of nitro benzene ring substituents is 1. The molecule has 1 heterocycles. The van der Waals surface area contributed by atoms with Crippen LogP contribution in [-0.4, -0.2) is 9.91 Å². The monoisotopic (exact) mass is 309 g/mol. The fourth-order valence-corrected chi connectivity index (χ4v) is 1.77. The van der Waals surface area contributed by atoms with Gasteiger partial charge in [-0.25, -0.2) is 4.98 Å². The van der Waals surface area contributed by atoms with Gasteiger partial charge < -0.3 is 10.5 Å². The predicted octanol–water partition coefficient (Wildman–Crippen LogP) is 3.13. The largest absolute Gasteiger partial charge is 0.438 e. The van der Waals surface area contributed by atoms with E-state index in [1.807, 2.05) is 0 Å². The molecule has 0 atom stereocenters. The Morgan fingerprint density at radius 3 is 2.72 bits per heavy atom. The number of anilines is 1. The number of rotatable bonds is 3. The second-order valence-electron chi connectivity index (χ2n) is 3.38. The van der Waals surface area contributed by atoms with Gasteiger partial charge in [-0.3, -0.25) is 10.1 Å². The number of ether oxygens (including phenoxy) is 1. The summed E-state index contributed by atoms with van der Waals surface area (Å²) in [6, 6.07) is 7.74. The molecule has 0 bridgehead atoms. The van der Waals surface area contributed by atoms with Crippen LogP contribution in [-0.2, 0) is 0 Å². The van der Waals surface area contributed by atoms with Gasteiger partial charge in [-0.1, -0.05) is 6.07 Å². The second-order valence-corrected chi connectivity index (χ2v) is 4.17. The molecule has 1 aromatic carbocycles. The van der Waals surface area contributed by atoms with E-state index in [9.17, 15) is 10.1 Å². The molecule has 0 aliphatic carbocycles. The lowest BCUT2D eigenvalue weighted by Gasteiger charge is -2.06. The zero-order chi connectivity index (χ0) is 13.1. The van der Waals surface area contributed by atoms with E-state index in [2.05, 4.69) is 20.9 Å². The lowest BCUT2D eigenvalue weighted by Crippen LogP contribution is -1.94. The minimum atomic E-state index is -0.493. The summed E-state index contributed by atoms with van der Waals surface area (Å²) < 4.78 is 5.71. The Balaban J connectivity index is 2.32. The zero-order valence-electron chi connectivity index (χ0n) is 9.04. The van der Waals surface area contributed by atoms with Crippen LogP contribution in [0, 0.1) is 10.1 Å². The van der Waals surface area contributed by atoms with Crippen LogP contribution in [0.15, 0.2) is 41.0 Å². The lowest BCUT2D eigenvalue weighted by atomic mass is 10.3. The Morgan fingerprint density at radius 1 is 1.33 bits per heavy atom. The zero-order valence-corrected chi connectivity index (χ0v) is 10.6. The number of nitrogen functional groups attached to an aromatic ring is 1. The van der Waals surface area contributed by atoms with E-state index in [1.54, 1.807) is 18.2 Å². The number of hydrogen-bond donors (Lipinski definition) is 1. The first-order valence-corrected chi connectivity index (χ1v) is 5.69. The molecule has 0 amide bonds. The summed E-state index contributed by atoms with van der Waals surface area (Å²) in [5, 5.41) is 10.8. The third kappa shape index (κ3) is 2.57. The number of hydrogen-bond acceptors (Lipinski definition) is 5. The molecule has 0 saturated carbocycles. The molecule has 7 heteroatoms. The summed E-state index contributed by atoms with van der Waals surface area (Å²) in [6.07, 6.45) is 1.45. The number of benzene rings is 1. The number of aromatic nitrogens is 1. The molecule has 0 aliphatic rings. The highest BCUT2D eigenvalue weighted by molar-refractivity contribution is 9.10. The van der Waals surface area contributed by atoms with Crippen molar-refractivity contribution < 1.29 is 9.66 Å².